The van der Waals surface area contributed by atoms with E-state index in [2.05, 4.69) is 5.92 Å². The summed E-state index contributed by atoms with van der Waals surface area (Å²) in [6.45, 7) is 3.80. The predicted molar refractivity (Wildman–Crippen MR) is 62.1 cm³/mol. The largest absolute Gasteiger partial charge is 0.493 e. The van der Waals surface area contributed by atoms with Crippen molar-refractivity contribution in [2.75, 3.05) is 7.11 Å². The predicted octanol–water partition coefficient (Wildman–Crippen LogP) is 2.28. The number of hydrogen-bond acceptors (Lipinski definition) is 3. The van der Waals surface area contributed by atoms with E-state index in [0.29, 0.717) is 28.9 Å². The summed E-state index contributed by atoms with van der Waals surface area (Å²) in [7, 11) is 1.53. The van der Waals surface area contributed by atoms with Crippen LogP contribution in [0, 0.1) is 12.3 Å². The maximum absolute atomic E-state index is 10.8. The lowest BCUT2D eigenvalue weighted by Gasteiger charge is -2.14. The Morgan fingerprint density at radius 3 is 2.50 bits per heavy atom. The first-order valence-corrected chi connectivity index (χ1v) is 4.92. The second-order valence-corrected chi connectivity index (χ2v) is 3.52. The third-order valence-corrected chi connectivity index (χ3v) is 1.98. The van der Waals surface area contributed by atoms with E-state index in [0.717, 1.165) is 0 Å². The summed E-state index contributed by atoms with van der Waals surface area (Å²) in [6.07, 6.45) is 6.01. The molecule has 0 heterocycles. The number of methoxy groups -OCH3 is 1. The molecule has 0 aromatic heterocycles. The normalized spacial score (nSPS) is 9.69. The van der Waals surface area contributed by atoms with Crippen molar-refractivity contribution in [2.45, 2.75) is 20.0 Å². The van der Waals surface area contributed by atoms with Gasteiger partial charge in [0.05, 0.1) is 13.2 Å². The van der Waals surface area contributed by atoms with Crippen LogP contribution in [0.3, 0.4) is 0 Å². The zero-order chi connectivity index (χ0) is 12.1. The van der Waals surface area contributed by atoms with E-state index in [1.54, 1.807) is 12.1 Å². The zero-order valence-electron chi connectivity index (χ0n) is 9.61. The van der Waals surface area contributed by atoms with E-state index in [-0.39, 0.29) is 6.10 Å². The Labute approximate surface area is 95.4 Å². The summed E-state index contributed by atoms with van der Waals surface area (Å²) >= 11 is 0. The SMILES string of the molecule is C#Cc1cc(OC)c(OC(C)C)cc1C=O. The summed E-state index contributed by atoms with van der Waals surface area (Å²) in [5.74, 6) is 3.50. The standard InChI is InChI=1S/C13H14O3/c1-5-10-6-12(15-4)13(16-9(2)3)7-11(10)8-14/h1,6-9H,2-4H3. The molecule has 3 heteroatoms. The van der Waals surface area contributed by atoms with Gasteiger partial charge in [-0.25, -0.2) is 0 Å². The van der Waals surface area contributed by atoms with E-state index in [9.17, 15) is 4.79 Å². The van der Waals surface area contributed by atoms with Crippen LogP contribution in [0.4, 0.5) is 0 Å². The summed E-state index contributed by atoms with van der Waals surface area (Å²) in [4.78, 5) is 10.8. The molecule has 0 saturated carbocycles. The molecule has 0 bridgehead atoms. The molecule has 0 aliphatic heterocycles. The number of benzene rings is 1. The molecule has 0 amide bonds. The van der Waals surface area contributed by atoms with Crippen molar-refractivity contribution in [1.29, 1.82) is 0 Å². The first-order chi connectivity index (χ1) is 7.62. The van der Waals surface area contributed by atoms with E-state index < -0.39 is 0 Å². The van der Waals surface area contributed by atoms with Crippen LogP contribution in [0.1, 0.15) is 29.8 Å². The second-order valence-electron chi connectivity index (χ2n) is 3.52. The fraction of sp³-hybridized carbons (Fsp3) is 0.308. The van der Waals surface area contributed by atoms with Gasteiger partial charge in [-0.3, -0.25) is 4.79 Å². The first kappa shape index (κ1) is 12.1. The van der Waals surface area contributed by atoms with Gasteiger partial charge in [0.25, 0.3) is 0 Å². The lowest BCUT2D eigenvalue weighted by Crippen LogP contribution is -2.07. The zero-order valence-corrected chi connectivity index (χ0v) is 9.61. The molecule has 0 atom stereocenters. The van der Waals surface area contributed by atoms with Gasteiger partial charge in [-0.05, 0) is 19.9 Å². The molecule has 0 unspecified atom stereocenters. The van der Waals surface area contributed by atoms with E-state index in [1.807, 2.05) is 13.8 Å². The van der Waals surface area contributed by atoms with Gasteiger partial charge in [-0.1, -0.05) is 5.92 Å². The molecular formula is C13H14O3. The van der Waals surface area contributed by atoms with Crippen molar-refractivity contribution in [2.24, 2.45) is 0 Å². The van der Waals surface area contributed by atoms with Crippen molar-refractivity contribution >= 4 is 6.29 Å². The van der Waals surface area contributed by atoms with Gasteiger partial charge in [-0.2, -0.15) is 0 Å². The fourth-order valence-electron chi connectivity index (χ4n) is 1.30. The number of terminal acetylenes is 1. The van der Waals surface area contributed by atoms with Gasteiger partial charge in [-0.15, -0.1) is 6.42 Å². The van der Waals surface area contributed by atoms with Gasteiger partial charge in [0, 0.05) is 17.2 Å². The van der Waals surface area contributed by atoms with Crippen molar-refractivity contribution < 1.29 is 14.3 Å². The molecule has 0 saturated heterocycles. The molecular weight excluding hydrogens is 204 g/mol. The smallest absolute Gasteiger partial charge is 0.162 e. The van der Waals surface area contributed by atoms with Gasteiger partial charge in [0.2, 0.25) is 0 Å². The third-order valence-electron chi connectivity index (χ3n) is 1.98. The quantitative estimate of drug-likeness (QED) is 0.574. The minimum Gasteiger partial charge on any atom is -0.493 e. The van der Waals surface area contributed by atoms with Crippen LogP contribution in [0.2, 0.25) is 0 Å². The molecule has 0 aliphatic carbocycles. The molecule has 1 aromatic carbocycles. The Bertz CT molecular complexity index is 428. The highest BCUT2D eigenvalue weighted by Crippen LogP contribution is 2.30. The Kier molecular flexibility index (Phi) is 3.96. The number of rotatable bonds is 4. The molecule has 1 rings (SSSR count). The van der Waals surface area contributed by atoms with Crippen LogP contribution >= 0.6 is 0 Å². The average Bonchev–Trinajstić information content (AvgIpc) is 2.27. The minimum absolute atomic E-state index is 0.00471. The molecule has 1 aromatic rings. The van der Waals surface area contributed by atoms with Crippen LogP contribution in [0.5, 0.6) is 11.5 Å². The maximum Gasteiger partial charge on any atom is 0.162 e. The van der Waals surface area contributed by atoms with E-state index >= 15 is 0 Å². The van der Waals surface area contributed by atoms with Crippen molar-refractivity contribution in [1.82, 2.24) is 0 Å². The molecule has 0 N–H and O–H groups in total. The Hall–Kier alpha value is -1.95. The molecule has 0 fully saturated rings. The molecule has 16 heavy (non-hydrogen) atoms. The number of hydrogen-bond donors (Lipinski definition) is 0. The number of carbonyl (C=O) groups is 1. The third kappa shape index (κ3) is 2.54. The van der Waals surface area contributed by atoms with Crippen LogP contribution in [0.15, 0.2) is 12.1 Å². The number of carbonyl (C=O) groups excluding carboxylic acids is 1. The van der Waals surface area contributed by atoms with Gasteiger partial charge in [0.15, 0.2) is 17.8 Å². The monoisotopic (exact) mass is 218 g/mol. The van der Waals surface area contributed by atoms with Gasteiger partial charge < -0.3 is 9.47 Å². The second kappa shape index (κ2) is 5.22. The van der Waals surface area contributed by atoms with Crippen LogP contribution < -0.4 is 9.47 Å². The highest BCUT2D eigenvalue weighted by Gasteiger charge is 2.11. The molecule has 0 spiro atoms. The summed E-state index contributed by atoms with van der Waals surface area (Å²) in [5, 5.41) is 0. The summed E-state index contributed by atoms with van der Waals surface area (Å²) < 4.78 is 10.7. The van der Waals surface area contributed by atoms with Gasteiger partial charge in [0.1, 0.15) is 0 Å². The highest BCUT2D eigenvalue weighted by molar-refractivity contribution is 5.81. The Morgan fingerprint density at radius 2 is 2.06 bits per heavy atom. The summed E-state index contributed by atoms with van der Waals surface area (Å²) in [6, 6.07) is 3.22. The topological polar surface area (TPSA) is 35.5 Å². The number of ether oxygens (including phenoxy) is 2. The first-order valence-electron chi connectivity index (χ1n) is 4.92. The van der Waals surface area contributed by atoms with E-state index in [1.165, 1.54) is 7.11 Å². The van der Waals surface area contributed by atoms with Gasteiger partial charge >= 0.3 is 0 Å². The number of aldehydes is 1. The molecule has 0 aliphatic rings. The Morgan fingerprint density at radius 1 is 1.38 bits per heavy atom. The molecule has 3 nitrogen and oxygen atoms in total. The van der Waals surface area contributed by atoms with Crippen molar-refractivity contribution in [3.8, 4) is 23.8 Å². The Balaban J connectivity index is 3.27. The molecule has 0 radical (unpaired) electrons. The molecule has 84 valence electrons. The highest BCUT2D eigenvalue weighted by atomic mass is 16.5. The van der Waals surface area contributed by atoms with Crippen LogP contribution in [0.25, 0.3) is 0 Å². The maximum atomic E-state index is 10.8. The summed E-state index contributed by atoms with van der Waals surface area (Å²) in [5.41, 5.74) is 0.932. The van der Waals surface area contributed by atoms with Crippen molar-refractivity contribution in [3.63, 3.8) is 0 Å². The van der Waals surface area contributed by atoms with Crippen molar-refractivity contribution in [3.05, 3.63) is 23.3 Å². The lowest BCUT2D eigenvalue weighted by molar-refractivity contribution is 0.112. The average molecular weight is 218 g/mol. The van der Waals surface area contributed by atoms with Crippen LogP contribution in [-0.4, -0.2) is 19.5 Å². The fourth-order valence-corrected chi connectivity index (χ4v) is 1.30. The minimum atomic E-state index is 0.00471. The lowest BCUT2D eigenvalue weighted by atomic mass is 10.1. The van der Waals surface area contributed by atoms with E-state index in [4.69, 9.17) is 15.9 Å². The van der Waals surface area contributed by atoms with Crippen LogP contribution in [-0.2, 0) is 0 Å².